The van der Waals surface area contributed by atoms with E-state index in [-0.39, 0.29) is 11.7 Å². The zero-order chi connectivity index (χ0) is 16.3. The van der Waals surface area contributed by atoms with Crippen LogP contribution in [0.4, 0.5) is 5.69 Å². The first kappa shape index (κ1) is 15.5. The van der Waals surface area contributed by atoms with Gasteiger partial charge in [0.25, 0.3) is 0 Å². The zero-order valence-electron chi connectivity index (χ0n) is 12.5. The summed E-state index contributed by atoms with van der Waals surface area (Å²) >= 11 is 5.83. The molecule has 3 rings (SSSR count). The fraction of sp³-hybridized carbons (Fsp3) is 0.158. The van der Waals surface area contributed by atoms with Gasteiger partial charge in [-0.3, -0.25) is 9.59 Å². The van der Waals surface area contributed by atoms with E-state index in [1.807, 2.05) is 42.5 Å². The number of rotatable bonds is 5. The normalized spacial score (nSPS) is 15.3. The first-order chi connectivity index (χ1) is 11.1. The third-order valence-electron chi connectivity index (χ3n) is 3.99. The Balaban J connectivity index is 1.68. The summed E-state index contributed by atoms with van der Waals surface area (Å²) in [5.74, 6) is -0.379. The maximum atomic E-state index is 12.4. The molecule has 1 amide bonds. The van der Waals surface area contributed by atoms with Crippen molar-refractivity contribution in [2.75, 3.05) is 5.32 Å². The van der Waals surface area contributed by atoms with Crippen molar-refractivity contribution in [3.05, 3.63) is 71.3 Å². The number of nitrogens with one attached hydrogen (secondary N) is 1. The van der Waals surface area contributed by atoms with Crippen molar-refractivity contribution >= 4 is 35.1 Å². The summed E-state index contributed by atoms with van der Waals surface area (Å²) in [5, 5.41) is 3.47. The minimum absolute atomic E-state index is 0.152. The van der Waals surface area contributed by atoms with E-state index in [1.54, 1.807) is 18.2 Å². The number of carbonyl (C=O) groups excluding carboxylic acids is 2. The van der Waals surface area contributed by atoms with Crippen molar-refractivity contribution in [3.8, 4) is 0 Å². The van der Waals surface area contributed by atoms with Crippen LogP contribution in [0.1, 0.15) is 18.4 Å². The molecule has 0 radical (unpaired) electrons. The Morgan fingerprint density at radius 3 is 2.26 bits per heavy atom. The van der Waals surface area contributed by atoms with Crippen LogP contribution >= 0.6 is 11.6 Å². The molecule has 0 atom stereocenters. The first-order valence-electron chi connectivity index (χ1n) is 7.45. The monoisotopic (exact) mass is 325 g/mol. The lowest BCUT2D eigenvalue weighted by molar-refractivity contribution is -0.130. The van der Waals surface area contributed by atoms with Gasteiger partial charge in [-0.15, -0.1) is 0 Å². The highest BCUT2D eigenvalue weighted by molar-refractivity contribution is 6.30. The Morgan fingerprint density at radius 2 is 1.65 bits per heavy atom. The van der Waals surface area contributed by atoms with Gasteiger partial charge in [-0.05, 0) is 48.7 Å². The number of carbonyl (C=O) groups is 2. The summed E-state index contributed by atoms with van der Waals surface area (Å²) in [4.78, 5) is 24.8. The molecule has 1 aliphatic rings. The molecule has 0 unspecified atom stereocenters. The molecule has 1 saturated carbocycles. The van der Waals surface area contributed by atoms with Crippen LogP contribution in [-0.2, 0) is 9.59 Å². The largest absolute Gasteiger partial charge is 0.325 e. The molecule has 0 bridgehead atoms. The number of allylic oxidation sites excluding steroid dienone is 1. The molecule has 1 aliphatic carbocycles. The fourth-order valence-electron chi connectivity index (χ4n) is 2.39. The van der Waals surface area contributed by atoms with Gasteiger partial charge in [0, 0.05) is 10.7 Å². The van der Waals surface area contributed by atoms with E-state index in [1.165, 1.54) is 6.08 Å². The second-order valence-electron chi connectivity index (χ2n) is 5.65. The molecule has 1 N–H and O–H groups in total. The van der Waals surface area contributed by atoms with Crippen molar-refractivity contribution in [2.45, 2.75) is 12.8 Å². The van der Waals surface area contributed by atoms with Crippen molar-refractivity contribution in [1.82, 2.24) is 0 Å². The number of anilines is 1. The molecule has 23 heavy (non-hydrogen) atoms. The quantitative estimate of drug-likeness (QED) is 0.656. The predicted octanol–water partition coefficient (Wildman–Crippen LogP) is 4.34. The number of benzene rings is 2. The van der Waals surface area contributed by atoms with Gasteiger partial charge in [0.15, 0.2) is 5.78 Å². The lowest BCUT2D eigenvalue weighted by atomic mass is 9.98. The number of amides is 1. The smallest absolute Gasteiger partial charge is 0.238 e. The molecule has 3 nitrogen and oxygen atoms in total. The van der Waals surface area contributed by atoms with Crippen LogP contribution in [0, 0.1) is 5.41 Å². The van der Waals surface area contributed by atoms with Crippen LogP contribution in [0.15, 0.2) is 60.7 Å². The van der Waals surface area contributed by atoms with Gasteiger partial charge in [0.05, 0.1) is 0 Å². The van der Waals surface area contributed by atoms with Crippen LogP contribution in [-0.4, -0.2) is 11.7 Å². The van der Waals surface area contributed by atoms with Crippen molar-refractivity contribution in [1.29, 1.82) is 0 Å². The molecule has 0 aromatic heterocycles. The second kappa shape index (κ2) is 6.39. The van der Waals surface area contributed by atoms with E-state index in [4.69, 9.17) is 11.6 Å². The maximum absolute atomic E-state index is 12.4. The molecule has 0 heterocycles. The van der Waals surface area contributed by atoms with Gasteiger partial charge in [-0.1, -0.05) is 48.0 Å². The van der Waals surface area contributed by atoms with E-state index in [9.17, 15) is 9.59 Å². The number of halogens is 1. The average Bonchev–Trinajstić information content (AvgIpc) is 3.37. The predicted molar refractivity (Wildman–Crippen MR) is 92.2 cm³/mol. The topological polar surface area (TPSA) is 46.2 Å². The van der Waals surface area contributed by atoms with Gasteiger partial charge < -0.3 is 5.32 Å². The fourth-order valence-corrected chi connectivity index (χ4v) is 2.51. The summed E-state index contributed by atoms with van der Waals surface area (Å²) in [7, 11) is 0. The van der Waals surface area contributed by atoms with E-state index in [0.717, 1.165) is 5.56 Å². The van der Waals surface area contributed by atoms with Crippen molar-refractivity contribution in [3.63, 3.8) is 0 Å². The van der Waals surface area contributed by atoms with E-state index in [0.29, 0.717) is 23.6 Å². The summed E-state index contributed by atoms with van der Waals surface area (Å²) in [5.41, 5.74) is 0.680. The van der Waals surface area contributed by atoms with Gasteiger partial charge in [-0.25, -0.2) is 0 Å². The molecule has 2 aromatic rings. The third kappa shape index (κ3) is 3.51. The molecule has 1 fully saturated rings. The molecule has 4 heteroatoms. The lowest BCUT2D eigenvalue weighted by Crippen LogP contribution is -2.30. The number of para-hydroxylation sites is 1. The van der Waals surface area contributed by atoms with Crippen LogP contribution in [0.2, 0.25) is 5.02 Å². The van der Waals surface area contributed by atoms with Gasteiger partial charge >= 0.3 is 0 Å². The summed E-state index contributed by atoms with van der Waals surface area (Å²) < 4.78 is 0. The Kier molecular flexibility index (Phi) is 4.30. The summed E-state index contributed by atoms with van der Waals surface area (Å²) in [6, 6.07) is 16.4. The SMILES string of the molecule is O=C(/C=C/c1ccc(Cl)cc1)C1(C(=O)Nc2ccccc2)CC1. The number of hydrogen-bond donors (Lipinski definition) is 1. The van der Waals surface area contributed by atoms with Crippen LogP contribution in [0.5, 0.6) is 0 Å². The highest BCUT2D eigenvalue weighted by Gasteiger charge is 2.55. The summed E-state index contributed by atoms with van der Waals surface area (Å²) in [6.45, 7) is 0. The van der Waals surface area contributed by atoms with Gasteiger partial charge in [0.1, 0.15) is 5.41 Å². The highest BCUT2D eigenvalue weighted by Crippen LogP contribution is 2.47. The van der Waals surface area contributed by atoms with Crippen LogP contribution < -0.4 is 5.32 Å². The molecule has 0 aliphatic heterocycles. The Hall–Kier alpha value is -2.39. The Bertz CT molecular complexity index is 747. The van der Waals surface area contributed by atoms with Crippen molar-refractivity contribution < 1.29 is 9.59 Å². The molecule has 2 aromatic carbocycles. The van der Waals surface area contributed by atoms with Crippen molar-refractivity contribution in [2.24, 2.45) is 5.41 Å². The number of ketones is 1. The lowest BCUT2D eigenvalue weighted by Gasteiger charge is -2.12. The molecule has 0 spiro atoms. The Labute approximate surface area is 140 Å². The molecular weight excluding hydrogens is 310 g/mol. The average molecular weight is 326 g/mol. The molecule has 0 saturated heterocycles. The van der Waals surface area contributed by atoms with Crippen LogP contribution in [0.25, 0.3) is 6.08 Å². The molecule has 116 valence electrons. The minimum Gasteiger partial charge on any atom is -0.325 e. The standard InChI is InChI=1S/C19H16ClNO2/c20-15-9-6-14(7-10-15)8-11-17(22)19(12-13-19)18(23)21-16-4-2-1-3-5-16/h1-11H,12-13H2,(H,21,23)/b11-8+. The maximum Gasteiger partial charge on any atom is 0.238 e. The van der Waals surface area contributed by atoms with E-state index in [2.05, 4.69) is 5.32 Å². The van der Waals surface area contributed by atoms with Crippen LogP contribution in [0.3, 0.4) is 0 Å². The first-order valence-corrected chi connectivity index (χ1v) is 7.83. The number of hydrogen-bond acceptors (Lipinski definition) is 2. The molecular formula is C19H16ClNO2. The van der Waals surface area contributed by atoms with Gasteiger partial charge in [-0.2, -0.15) is 0 Å². The van der Waals surface area contributed by atoms with E-state index < -0.39 is 5.41 Å². The third-order valence-corrected chi connectivity index (χ3v) is 4.24. The van der Waals surface area contributed by atoms with Gasteiger partial charge in [0.2, 0.25) is 5.91 Å². The second-order valence-corrected chi connectivity index (χ2v) is 6.09. The minimum atomic E-state index is -0.904. The Morgan fingerprint density at radius 1 is 1.00 bits per heavy atom. The zero-order valence-corrected chi connectivity index (χ0v) is 13.2. The van der Waals surface area contributed by atoms with E-state index >= 15 is 0 Å². The highest BCUT2D eigenvalue weighted by atomic mass is 35.5. The summed E-state index contributed by atoms with van der Waals surface area (Å²) in [6.07, 6.45) is 4.39.